The first-order valence-electron chi connectivity index (χ1n) is 6.02. The van der Waals surface area contributed by atoms with Crippen LogP contribution in [0.1, 0.15) is 5.82 Å². The molecular weight excluding hydrogens is 316 g/mol. The number of nitrogens with zero attached hydrogens (tertiary/aromatic N) is 5. The van der Waals surface area contributed by atoms with Gasteiger partial charge < -0.3 is 10.8 Å². The van der Waals surface area contributed by atoms with Gasteiger partial charge in [-0.1, -0.05) is 0 Å². The summed E-state index contributed by atoms with van der Waals surface area (Å²) in [7, 11) is 1.61. The molecule has 11 heteroatoms. The maximum absolute atomic E-state index is 11.9. The van der Waals surface area contributed by atoms with Gasteiger partial charge in [0, 0.05) is 23.6 Å². The van der Waals surface area contributed by atoms with E-state index in [1.54, 1.807) is 7.05 Å². The number of amides is 1. The van der Waals surface area contributed by atoms with Crippen LogP contribution in [0.2, 0.25) is 0 Å². The van der Waals surface area contributed by atoms with Gasteiger partial charge in [-0.15, -0.1) is 16.9 Å². The van der Waals surface area contributed by atoms with E-state index < -0.39 is 17.9 Å². The summed E-state index contributed by atoms with van der Waals surface area (Å²) in [6.45, 7) is 0. The first-order valence-corrected chi connectivity index (χ1v) is 7.60. The molecule has 2 unspecified atom stereocenters. The molecule has 0 bridgehead atoms. The van der Waals surface area contributed by atoms with Gasteiger partial charge in [0.25, 0.3) is 0 Å². The van der Waals surface area contributed by atoms with Gasteiger partial charge in [0.2, 0.25) is 5.91 Å². The number of carbonyl (C=O) groups excluding carboxylic acids is 1. The van der Waals surface area contributed by atoms with Crippen molar-refractivity contribution < 1.29 is 14.7 Å². The molecule has 0 spiro atoms. The number of carboxylic acid groups (broad SMARTS) is 1. The Kier molecular flexibility index (Phi) is 3.42. The highest BCUT2D eigenvalue weighted by Gasteiger charge is 2.54. The summed E-state index contributed by atoms with van der Waals surface area (Å²) >= 11 is 5.68. The van der Waals surface area contributed by atoms with Gasteiger partial charge >= 0.3 is 5.97 Å². The van der Waals surface area contributed by atoms with Gasteiger partial charge in [0.15, 0.2) is 5.82 Å². The van der Waals surface area contributed by atoms with Crippen molar-refractivity contribution >= 4 is 41.8 Å². The molecule has 1 saturated heterocycles. The lowest BCUT2D eigenvalue weighted by Gasteiger charge is -2.49. The van der Waals surface area contributed by atoms with E-state index in [9.17, 15) is 14.7 Å². The number of thioether (sulfide) groups is 1. The number of aryl methyl sites for hydroxylation is 1. The van der Waals surface area contributed by atoms with E-state index >= 15 is 0 Å². The Hall–Kier alpha value is -1.59. The van der Waals surface area contributed by atoms with E-state index in [2.05, 4.69) is 28.2 Å². The Bertz CT molecular complexity index is 659. The normalized spacial score (nSPS) is 28.4. The van der Waals surface area contributed by atoms with E-state index in [1.807, 2.05) is 0 Å². The number of β-lactam (4-membered cyclic amide) rings is 1. The molecule has 2 aliphatic rings. The summed E-state index contributed by atoms with van der Waals surface area (Å²) in [6, 6.07) is -0.689. The van der Waals surface area contributed by atoms with Gasteiger partial charge in [-0.2, -0.15) is 12.6 Å². The minimum Gasteiger partial charge on any atom is -0.477 e. The van der Waals surface area contributed by atoms with Gasteiger partial charge in [0.1, 0.15) is 17.1 Å². The van der Waals surface area contributed by atoms with Gasteiger partial charge in [-0.25, -0.2) is 9.48 Å². The summed E-state index contributed by atoms with van der Waals surface area (Å²) in [5, 5.41) is 20.0. The Morgan fingerprint density at radius 3 is 2.81 bits per heavy atom. The van der Waals surface area contributed by atoms with Crippen molar-refractivity contribution in [3.63, 3.8) is 0 Å². The minimum atomic E-state index is -1.20. The molecule has 0 aromatic carbocycles. The lowest BCUT2D eigenvalue weighted by molar-refractivity contribution is -0.147. The van der Waals surface area contributed by atoms with E-state index in [4.69, 9.17) is 5.73 Å². The number of thiol groups is 1. The smallest absolute Gasteiger partial charge is 0.353 e. The topological polar surface area (TPSA) is 127 Å². The number of tetrazole rings is 1. The molecule has 21 heavy (non-hydrogen) atoms. The first-order chi connectivity index (χ1) is 9.97. The molecule has 1 aromatic rings. The molecule has 3 N–H and O–H groups in total. The number of fused-ring (bicyclic) bond motifs is 1. The molecule has 3 heterocycles. The SMILES string of the molecule is Cn1nnnc1C1=C(C(=O)O)N2C(=O)C(N)[C@H]2SC1CS. The maximum atomic E-state index is 11.9. The second-order valence-electron chi connectivity index (χ2n) is 4.63. The monoisotopic (exact) mass is 328 g/mol. The summed E-state index contributed by atoms with van der Waals surface area (Å²) in [5.74, 6) is -0.916. The number of aliphatic carboxylic acids is 1. The van der Waals surface area contributed by atoms with Crippen molar-refractivity contribution in [3.8, 4) is 0 Å². The standard InChI is InChI=1S/C10H12N6O3S2/c1-15-7(12-13-14-15)4-3(2-20)21-9-5(11)8(17)16(9)6(4)10(18)19/h3,5,9,20H,2,11H2,1H3,(H,18,19)/t3?,5?,9-/m1/s1. The fraction of sp³-hybridized carbons (Fsp3) is 0.500. The fourth-order valence-corrected chi connectivity index (χ4v) is 4.28. The number of nitrogens with two attached hydrogens (primary N) is 1. The van der Waals surface area contributed by atoms with Crippen molar-refractivity contribution in [3.05, 3.63) is 11.5 Å². The molecule has 0 aliphatic carbocycles. The van der Waals surface area contributed by atoms with Crippen LogP contribution in [0.25, 0.3) is 5.57 Å². The van der Waals surface area contributed by atoms with Gasteiger partial charge in [0.05, 0.1) is 0 Å². The van der Waals surface area contributed by atoms with Crippen molar-refractivity contribution in [2.24, 2.45) is 12.8 Å². The van der Waals surface area contributed by atoms with Crippen LogP contribution < -0.4 is 5.73 Å². The average molecular weight is 328 g/mol. The Morgan fingerprint density at radius 1 is 1.57 bits per heavy atom. The van der Waals surface area contributed by atoms with Gasteiger partial charge in [-0.3, -0.25) is 9.69 Å². The predicted octanol–water partition coefficient (Wildman–Crippen LogP) is -1.45. The summed E-state index contributed by atoms with van der Waals surface area (Å²) in [5.41, 5.74) is 6.04. The number of hydrogen-bond acceptors (Lipinski definition) is 8. The Morgan fingerprint density at radius 2 is 2.29 bits per heavy atom. The van der Waals surface area contributed by atoms with Crippen LogP contribution in [0, 0.1) is 0 Å². The van der Waals surface area contributed by atoms with Crippen molar-refractivity contribution in [1.29, 1.82) is 0 Å². The quantitative estimate of drug-likeness (QED) is 0.454. The van der Waals surface area contributed by atoms with Crippen LogP contribution in [0.3, 0.4) is 0 Å². The third kappa shape index (κ3) is 1.95. The second-order valence-corrected chi connectivity index (χ2v) is 6.31. The van der Waals surface area contributed by atoms with E-state index in [0.29, 0.717) is 17.2 Å². The second kappa shape index (κ2) is 5.00. The number of aromatic nitrogens is 4. The number of carbonyl (C=O) groups is 2. The van der Waals surface area contributed by atoms with Crippen LogP contribution in [0.15, 0.2) is 5.70 Å². The number of rotatable bonds is 3. The van der Waals surface area contributed by atoms with E-state index in [1.165, 1.54) is 21.3 Å². The van der Waals surface area contributed by atoms with Crippen molar-refractivity contribution in [2.75, 3.05) is 5.75 Å². The molecule has 0 saturated carbocycles. The molecule has 3 atom stereocenters. The molecule has 3 rings (SSSR count). The molecule has 9 nitrogen and oxygen atoms in total. The van der Waals surface area contributed by atoms with Crippen LogP contribution in [0.4, 0.5) is 0 Å². The number of hydrogen-bond donors (Lipinski definition) is 3. The molecule has 2 aliphatic heterocycles. The molecule has 112 valence electrons. The van der Waals surface area contributed by atoms with Crippen LogP contribution in [-0.2, 0) is 16.6 Å². The largest absolute Gasteiger partial charge is 0.477 e. The maximum Gasteiger partial charge on any atom is 0.353 e. The fourth-order valence-electron chi connectivity index (χ4n) is 2.45. The van der Waals surface area contributed by atoms with Gasteiger partial charge in [-0.05, 0) is 10.4 Å². The van der Waals surface area contributed by atoms with Crippen LogP contribution in [-0.4, -0.2) is 64.5 Å². The van der Waals surface area contributed by atoms with E-state index in [-0.39, 0.29) is 16.3 Å². The summed E-state index contributed by atoms with van der Waals surface area (Å²) < 4.78 is 1.37. The first kappa shape index (κ1) is 14.4. The Labute approximate surface area is 128 Å². The number of carboxylic acids is 1. The zero-order valence-electron chi connectivity index (χ0n) is 10.9. The van der Waals surface area contributed by atoms with Crippen molar-refractivity contribution in [2.45, 2.75) is 16.7 Å². The lowest BCUT2D eigenvalue weighted by atomic mass is 10.0. The third-order valence-corrected chi connectivity index (χ3v) is 5.56. The molecule has 1 amide bonds. The van der Waals surface area contributed by atoms with Crippen LogP contribution in [0.5, 0.6) is 0 Å². The van der Waals surface area contributed by atoms with Crippen LogP contribution >= 0.6 is 24.4 Å². The average Bonchev–Trinajstić information content (AvgIpc) is 2.89. The van der Waals surface area contributed by atoms with Crippen molar-refractivity contribution in [1.82, 2.24) is 25.1 Å². The molecule has 0 radical (unpaired) electrons. The zero-order chi connectivity index (χ0) is 15.3. The Balaban J connectivity index is 2.20. The summed E-state index contributed by atoms with van der Waals surface area (Å²) in [4.78, 5) is 24.8. The zero-order valence-corrected chi connectivity index (χ0v) is 12.6. The molecule has 1 fully saturated rings. The predicted molar refractivity (Wildman–Crippen MR) is 77.2 cm³/mol. The molecular formula is C10H12N6O3S2. The molecule has 1 aromatic heterocycles. The minimum absolute atomic E-state index is 0.109. The highest BCUT2D eigenvalue weighted by molar-refractivity contribution is 8.01. The lowest BCUT2D eigenvalue weighted by Crippen LogP contribution is -2.69. The summed E-state index contributed by atoms with van der Waals surface area (Å²) in [6.07, 6.45) is 0. The highest BCUT2D eigenvalue weighted by Crippen LogP contribution is 2.46. The third-order valence-electron chi connectivity index (χ3n) is 3.44. The highest BCUT2D eigenvalue weighted by atomic mass is 32.2. The van der Waals surface area contributed by atoms with E-state index in [0.717, 1.165) is 0 Å².